The Balaban J connectivity index is 1.57. The predicted octanol–water partition coefficient (Wildman–Crippen LogP) is 2.78. The van der Waals surface area contributed by atoms with Crippen molar-refractivity contribution in [3.63, 3.8) is 0 Å². The molecule has 0 aliphatic heterocycles. The van der Waals surface area contributed by atoms with Gasteiger partial charge in [0, 0.05) is 6.04 Å². The van der Waals surface area contributed by atoms with Gasteiger partial charge in [0.25, 0.3) is 0 Å². The van der Waals surface area contributed by atoms with Crippen molar-refractivity contribution in [2.75, 3.05) is 0 Å². The number of hydrogen-bond acceptors (Lipinski definition) is 1. The van der Waals surface area contributed by atoms with Gasteiger partial charge < -0.3 is 11.1 Å². The highest BCUT2D eigenvalue weighted by molar-refractivity contribution is 5.78. The van der Waals surface area contributed by atoms with Gasteiger partial charge in [-0.3, -0.25) is 4.99 Å². The highest BCUT2D eigenvalue weighted by Crippen LogP contribution is 2.22. The Hall–Kier alpha value is -1.51. The summed E-state index contributed by atoms with van der Waals surface area (Å²) in [6, 6.07) is 9.62. The number of guanidine groups is 1. The second-order valence-corrected chi connectivity index (χ2v) is 6.16. The second-order valence-electron chi connectivity index (χ2n) is 6.16. The van der Waals surface area contributed by atoms with Crippen molar-refractivity contribution in [3.05, 3.63) is 35.4 Å². The van der Waals surface area contributed by atoms with E-state index in [1.807, 2.05) is 0 Å². The fourth-order valence-electron chi connectivity index (χ4n) is 3.47. The molecular formula is C17H25N3. The molecule has 1 aromatic carbocycles. The van der Waals surface area contributed by atoms with Crippen molar-refractivity contribution in [2.24, 2.45) is 10.7 Å². The third-order valence-corrected chi connectivity index (χ3v) is 4.60. The van der Waals surface area contributed by atoms with Crippen molar-refractivity contribution in [3.8, 4) is 0 Å². The first-order valence-corrected chi connectivity index (χ1v) is 7.98. The molecule has 1 saturated carbocycles. The van der Waals surface area contributed by atoms with Crippen LogP contribution in [0.4, 0.5) is 0 Å². The van der Waals surface area contributed by atoms with Gasteiger partial charge >= 0.3 is 0 Å². The number of nitrogens with two attached hydrogens (primary N) is 1. The Morgan fingerprint density at radius 2 is 1.80 bits per heavy atom. The molecule has 0 spiro atoms. The van der Waals surface area contributed by atoms with Crippen LogP contribution in [0.1, 0.15) is 49.7 Å². The third kappa shape index (κ3) is 3.33. The Labute approximate surface area is 121 Å². The SMILES string of the molecule is NC(=NC1CCCCC1)NC1CCc2ccccc2C1. The molecule has 0 amide bonds. The van der Waals surface area contributed by atoms with E-state index in [0.717, 1.165) is 19.3 Å². The Morgan fingerprint density at radius 1 is 1.05 bits per heavy atom. The lowest BCUT2D eigenvalue weighted by atomic mass is 9.88. The van der Waals surface area contributed by atoms with Gasteiger partial charge in [-0.2, -0.15) is 0 Å². The lowest BCUT2D eigenvalue weighted by molar-refractivity contribution is 0.439. The zero-order valence-corrected chi connectivity index (χ0v) is 12.1. The van der Waals surface area contributed by atoms with Gasteiger partial charge in [0.2, 0.25) is 0 Å². The van der Waals surface area contributed by atoms with E-state index in [2.05, 4.69) is 34.6 Å². The van der Waals surface area contributed by atoms with Gasteiger partial charge in [-0.05, 0) is 43.2 Å². The molecule has 0 radical (unpaired) electrons. The van der Waals surface area contributed by atoms with E-state index >= 15 is 0 Å². The summed E-state index contributed by atoms with van der Waals surface area (Å²) in [5.41, 5.74) is 9.05. The van der Waals surface area contributed by atoms with Crippen molar-refractivity contribution in [1.29, 1.82) is 0 Å². The molecule has 3 nitrogen and oxygen atoms in total. The van der Waals surface area contributed by atoms with Crippen molar-refractivity contribution in [1.82, 2.24) is 5.32 Å². The lowest BCUT2D eigenvalue weighted by Crippen LogP contribution is -2.43. The van der Waals surface area contributed by atoms with Crippen LogP contribution in [0.15, 0.2) is 29.3 Å². The Bertz CT molecular complexity index is 475. The summed E-state index contributed by atoms with van der Waals surface area (Å²) < 4.78 is 0. The predicted molar refractivity (Wildman–Crippen MR) is 83.9 cm³/mol. The van der Waals surface area contributed by atoms with Gasteiger partial charge in [0.1, 0.15) is 0 Å². The number of nitrogens with zero attached hydrogens (tertiary/aromatic N) is 1. The first-order chi connectivity index (χ1) is 9.81. The Morgan fingerprint density at radius 3 is 2.60 bits per heavy atom. The summed E-state index contributed by atoms with van der Waals surface area (Å²) in [5.74, 6) is 0.654. The topological polar surface area (TPSA) is 50.4 Å². The molecule has 3 N–H and O–H groups in total. The summed E-state index contributed by atoms with van der Waals surface area (Å²) in [7, 11) is 0. The molecule has 3 rings (SSSR count). The first kappa shape index (κ1) is 13.5. The summed E-state index contributed by atoms with van der Waals surface area (Å²) in [6.45, 7) is 0. The minimum atomic E-state index is 0.442. The minimum absolute atomic E-state index is 0.442. The zero-order chi connectivity index (χ0) is 13.8. The van der Waals surface area contributed by atoms with Gasteiger partial charge in [-0.15, -0.1) is 0 Å². The van der Waals surface area contributed by atoms with E-state index in [0.29, 0.717) is 18.0 Å². The number of aryl methyl sites for hydroxylation is 1. The smallest absolute Gasteiger partial charge is 0.189 e. The Kier molecular flexibility index (Phi) is 4.24. The van der Waals surface area contributed by atoms with Crippen LogP contribution in [0.3, 0.4) is 0 Å². The van der Waals surface area contributed by atoms with Crippen LogP contribution in [0.2, 0.25) is 0 Å². The molecule has 20 heavy (non-hydrogen) atoms. The summed E-state index contributed by atoms with van der Waals surface area (Å²) in [5, 5.41) is 3.43. The van der Waals surface area contributed by atoms with Crippen LogP contribution in [0.5, 0.6) is 0 Å². The van der Waals surface area contributed by atoms with Crippen molar-refractivity contribution < 1.29 is 0 Å². The molecule has 0 saturated heterocycles. The molecule has 1 unspecified atom stereocenters. The molecule has 0 heterocycles. The number of hydrogen-bond donors (Lipinski definition) is 2. The standard InChI is InChI=1S/C17H25N3/c18-17(19-15-8-2-1-3-9-15)20-16-11-10-13-6-4-5-7-14(13)12-16/h4-7,15-16H,1-3,8-12H2,(H3,18,19,20). The number of benzene rings is 1. The van der Waals surface area contributed by atoms with E-state index < -0.39 is 0 Å². The van der Waals surface area contributed by atoms with Crippen LogP contribution >= 0.6 is 0 Å². The number of nitrogens with one attached hydrogen (secondary N) is 1. The molecule has 1 atom stereocenters. The molecule has 0 bridgehead atoms. The van der Waals surface area contributed by atoms with Crippen molar-refractivity contribution in [2.45, 2.75) is 63.5 Å². The largest absolute Gasteiger partial charge is 0.370 e. The fraction of sp³-hybridized carbons (Fsp3) is 0.588. The molecule has 2 aliphatic carbocycles. The minimum Gasteiger partial charge on any atom is -0.370 e. The molecule has 108 valence electrons. The third-order valence-electron chi connectivity index (χ3n) is 4.60. The summed E-state index contributed by atoms with van der Waals surface area (Å²) >= 11 is 0. The normalized spacial score (nSPS) is 24.2. The maximum absolute atomic E-state index is 6.09. The van der Waals surface area contributed by atoms with Gasteiger partial charge in [-0.1, -0.05) is 43.5 Å². The lowest BCUT2D eigenvalue weighted by Gasteiger charge is -2.26. The van der Waals surface area contributed by atoms with Crippen LogP contribution in [0, 0.1) is 0 Å². The second kappa shape index (κ2) is 6.29. The fourth-order valence-corrected chi connectivity index (χ4v) is 3.47. The zero-order valence-electron chi connectivity index (χ0n) is 12.1. The molecule has 3 heteroatoms. The van der Waals surface area contributed by atoms with E-state index in [9.17, 15) is 0 Å². The summed E-state index contributed by atoms with van der Waals surface area (Å²) in [4.78, 5) is 4.67. The van der Waals surface area contributed by atoms with Crippen LogP contribution in [0.25, 0.3) is 0 Å². The number of fused-ring (bicyclic) bond motifs is 1. The quantitative estimate of drug-likeness (QED) is 0.642. The van der Waals surface area contributed by atoms with Crippen LogP contribution < -0.4 is 11.1 Å². The van der Waals surface area contributed by atoms with E-state index in [4.69, 9.17) is 5.73 Å². The highest BCUT2D eigenvalue weighted by Gasteiger charge is 2.19. The number of aliphatic imine (C=N–C) groups is 1. The average Bonchev–Trinajstić information content (AvgIpc) is 2.48. The van der Waals surface area contributed by atoms with E-state index in [1.165, 1.54) is 43.2 Å². The molecule has 2 aliphatic rings. The van der Waals surface area contributed by atoms with Gasteiger partial charge in [0.05, 0.1) is 6.04 Å². The molecule has 0 aromatic heterocycles. The molecule has 1 aromatic rings. The summed E-state index contributed by atoms with van der Waals surface area (Å²) in [6.07, 6.45) is 9.74. The maximum atomic E-state index is 6.09. The van der Waals surface area contributed by atoms with E-state index in [-0.39, 0.29) is 0 Å². The monoisotopic (exact) mass is 271 g/mol. The van der Waals surface area contributed by atoms with Gasteiger partial charge in [-0.25, -0.2) is 0 Å². The highest BCUT2D eigenvalue weighted by atomic mass is 15.1. The van der Waals surface area contributed by atoms with Gasteiger partial charge in [0.15, 0.2) is 5.96 Å². The van der Waals surface area contributed by atoms with Crippen LogP contribution in [-0.2, 0) is 12.8 Å². The van der Waals surface area contributed by atoms with Crippen LogP contribution in [-0.4, -0.2) is 18.0 Å². The van der Waals surface area contributed by atoms with Crippen molar-refractivity contribution >= 4 is 5.96 Å². The maximum Gasteiger partial charge on any atom is 0.189 e. The van der Waals surface area contributed by atoms with E-state index in [1.54, 1.807) is 0 Å². The number of rotatable bonds is 2. The molecule has 1 fully saturated rings. The molecular weight excluding hydrogens is 246 g/mol. The first-order valence-electron chi connectivity index (χ1n) is 7.98. The average molecular weight is 271 g/mol.